The maximum atomic E-state index is 5.46. The first-order valence-corrected chi connectivity index (χ1v) is 8.82. The molecular weight excluding hydrogens is 316 g/mol. The maximum Gasteiger partial charge on any atom is 0.191 e. The minimum absolute atomic E-state index is 0.615. The van der Waals surface area contributed by atoms with E-state index in [0.29, 0.717) is 13.1 Å². The quantitative estimate of drug-likeness (QED) is 0.623. The van der Waals surface area contributed by atoms with E-state index in [9.17, 15) is 0 Å². The highest BCUT2D eigenvalue weighted by Crippen LogP contribution is 2.22. The third-order valence-corrected chi connectivity index (χ3v) is 4.11. The Kier molecular flexibility index (Phi) is 6.34. The average Bonchev–Trinajstić information content (AvgIpc) is 3.18. The van der Waals surface area contributed by atoms with Gasteiger partial charge in [0, 0.05) is 25.3 Å². The molecule has 6 heteroatoms. The Labute approximate surface area is 148 Å². The first kappa shape index (κ1) is 17.4. The number of nitrogens with one attached hydrogen (secondary N) is 2. The zero-order valence-corrected chi connectivity index (χ0v) is 14.7. The van der Waals surface area contributed by atoms with Crippen LogP contribution < -0.4 is 15.5 Å². The van der Waals surface area contributed by atoms with E-state index in [1.807, 2.05) is 12.1 Å². The van der Waals surface area contributed by atoms with Gasteiger partial charge in [0.2, 0.25) is 0 Å². The summed E-state index contributed by atoms with van der Waals surface area (Å²) in [5.74, 6) is 1.68. The fourth-order valence-electron chi connectivity index (χ4n) is 2.85. The number of anilines is 1. The van der Waals surface area contributed by atoms with Crippen molar-refractivity contribution in [3.05, 3.63) is 54.0 Å². The molecule has 0 saturated carbocycles. The molecule has 3 rings (SSSR count). The van der Waals surface area contributed by atoms with Crippen LogP contribution in [0.15, 0.2) is 52.1 Å². The third kappa shape index (κ3) is 5.00. The maximum absolute atomic E-state index is 5.46. The van der Waals surface area contributed by atoms with E-state index < -0.39 is 0 Å². The zero-order valence-electron chi connectivity index (χ0n) is 14.7. The Hall–Kier alpha value is -2.47. The van der Waals surface area contributed by atoms with Crippen molar-refractivity contribution in [2.75, 3.05) is 37.7 Å². The van der Waals surface area contributed by atoms with E-state index in [1.165, 1.54) is 11.3 Å². The van der Waals surface area contributed by atoms with Crippen LogP contribution in [-0.4, -0.2) is 38.8 Å². The van der Waals surface area contributed by atoms with Crippen LogP contribution in [-0.2, 0) is 17.8 Å². The summed E-state index contributed by atoms with van der Waals surface area (Å²) in [4.78, 5) is 7.11. The zero-order chi connectivity index (χ0) is 17.3. The summed E-state index contributed by atoms with van der Waals surface area (Å²) in [7, 11) is 0. The number of aliphatic imine (C=N–C) groups is 1. The Morgan fingerprint density at radius 3 is 2.72 bits per heavy atom. The Morgan fingerprint density at radius 1 is 1.12 bits per heavy atom. The number of benzene rings is 1. The molecule has 1 aliphatic rings. The number of guanidine groups is 1. The number of rotatable bonds is 6. The first-order chi connectivity index (χ1) is 12.4. The molecule has 0 aliphatic carbocycles. The second kappa shape index (κ2) is 9.13. The van der Waals surface area contributed by atoms with Gasteiger partial charge < -0.3 is 24.7 Å². The summed E-state index contributed by atoms with van der Waals surface area (Å²) >= 11 is 0. The normalized spacial score (nSPS) is 15.2. The molecule has 25 heavy (non-hydrogen) atoms. The monoisotopic (exact) mass is 342 g/mol. The minimum Gasteiger partial charge on any atom is -0.467 e. The molecule has 0 unspecified atom stereocenters. The van der Waals surface area contributed by atoms with E-state index in [2.05, 4.69) is 46.7 Å². The number of para-hydroxylation sites is 1. The lowest BCUT2D eigenvalue weighted by Crippen LogP contribution is -2.37. The Balaban J connectivity index is 1.67. The number of ether oxygens (including phenoxy) is 1. The van der Waals surface area contributed by atoms with Gasteiger partial charge in [-0.15, -0.1) is 0 Å². The standard InChI is InChI=1S/C19H26N4O2/c1-2-20-19(22-15-17-7-5-11-25-17)21-14-16-6-3-4-8-18(16)23-9-12-24-13-10-23/h3-8,11H,2,9-10,12-15H2,1H3,(H2,20,21,22). The lowest BCUT2D eigenvalue weighted by atomic mass is 10.1. The fourth-order valence-corrected chi connectivity index (χ4v) is 2.85. The molecular formula is C19H26N4O2. The van der Waals surface area contributed by atoms with Crippen LogP contribution in [0.5, 0.6) is 0 Å². The van der Waals surface area contributed by atoms with Crippen LogP contribution in [0, 0.1) is 0 Å². The number of morpholine rings is 1. The van der Waals surface area contributed by atoms with Crippen molar-refractivity contribution in [2.24, 2.45) is 4.99 Å². The van der Waals surface area contributed by atoms with Gasteiger partial charge in [-0.3, -0.25) is 0 Å². The van der Waals surface area contributed by atoms with Crippen LogP contribution in [0.1, 0.15) is 18.2 Å². The van der Waals surface area contributed by atoms with Crippen molar-refractivity contribution < 1.29 is 9.15 Å². The van der Waals surface area contributed by atoms with Crippen molar-refractivity contribution in [1.29, 1.82) is 0 Å². The van der Waals surface area contributed by atoms with Gasteiger partial charge in [-0.1, -0.05) is 18.2 Å². The fraction of sp³-hybridized carbons (Fsp3) is 0.421. The van der Waals surface area contributed by atoms with Gasteiger partial charge in [-0.25, -0.2) is 4.99 Å². The molecule has 2 N–H and O–H groups in total. The summed E-state index contributed by atoms with van der Waals surface area (Å²) in [5, 5.41) is 6.58. The smallest absolute Gasteiger partial charge is 0.191 e. The van der Waals surface area contributed by atoms with Crippen LogP contribution in [0.4, 0.5) is 5.69 Å². The van der Waals surface area contributed by atoms with E-state index in [1.54, 1.807) is 6.26 Å². The molecule has 2 heterocycles. The summed E-state index contributed by atoms with van der Waals surface area (Å²) in [6.07, 6.45) is 1.68. The molecule has 1 fully saturated rings. The predicted molar refractivity (Wildman–Crippen MR) is 99.8 cm³/mol. The summed E-state index contributed by atoms with van der Waals surface area (Å²) in [6, 6.07) is 12.3. The van der Waals surface area contributed by atoms with Gasteiger partial charge in [-0.05, 0) is 30.7 Å². The highest BCUT2D eigenvalue weighted by Gasteiger charge is 2.14. The molecule has 1 aromatic heterocycles. The number of nitrogens with zero attached hydrogens (tertiary/aromatic N) is 2. The topological polar surface area (TPSA) is 62.0 Å². The van der Waals surface area contributed by atoms with E-state index in [-0.39, 0.29) is 0 Å². The van der Waals surface area contributed by atoms with E-state index in [0.717, 1.165) is 44.6 Å². The molecule has 0 amide bonds. The second-order valence-electron chi connectivity index (χ2n) is 5.86. The Bertz CT molecular complexity index is 664. The van der Waals surface area contributed by atoms with Crippen molar-refractivity contribution in [3.8, 4) is 0 Å². The highest BCUT2D eigenvalue weighted by molar-refractivity contribution is 5.79. The lowest BCUT2D eigenvalue weighted by Gasteiger charge is -2.30. The van der Waals surface area contributed by atoms with Gasteiger partial charge in [0.1, 0.15) is 5.76 Å². The van der Waals surface area contributed by atoms with E-state index >= 15 is 0 Å². The van der Waals surface area contributed by atoms with Gasteiger partial charge in [0.25, 0.3) is 0 Å². The third-order valence-electron chi connectivity index (χ3n) is 4.11. The van der Waals surface area contributed by atoms with Crippen LogP contribution >= 0.6 is 0 Å². The van der Waals surface area contributed by atoms with Crippen molar-refractivity contribution in [1.82, 2.24) is 10.6 Å². The summed E-state index contributed by atoms with van der Waals surface area (Å²) in [6.45, 7) is 7.54. The molecule has 0 atom stereocenters. The van der Waals surface area contributed by atoms with Gasteiger partial charge in [0.15, 0.2) is 5.96 Å². The second-order valence-corrected chi connectivity index (χ2v) is 5.86. The summed E-state index contributed by atoms with van der Waals surface area (Å²) < 4.78 is 10.8. The van der Waals surface area contributed by atoms with Gasteiger partial charge >= 0.3 is 0 Å². The Morgan fingerprint density at radius 2 is 1.96 bits per heavy atom. The van der Waals surface area contributed by atoms with Crippen LogP contribution in [0.2, 0.25) is 0 Å². The van der Waals surface area contributed by atoms with Crippen LogP contribution in [0.3, 0.4) is 0 Å². The van der Waals surface area contributed by atoms with Crippen molar-refractivity contribution in [2.45, 2.75) is 20.0 Å². The molecule has 1 aliphatic heterocycles. The minimum atomic E-state index is 0.615. The van der Waals surface area contributed by atoms with Crippen molar-refractivity contribution >= 4 is 11.6 Å². The molecule has 0 bridgehead atoms. The molecule has 1 saturated heterocycles. The summed E-state index contributed by atoms with van der Waals surface area (Å²) in [5.41, 5.74) is 2.47. The van der Waals surface area contributed by atoms with E-state index in [4.69, 9.17) is 14.1 Å². The number of furan rings is 1. The van der Waals surface area contributed by atoms with Gasteiger partial charge in [0.05, 0.1) is 32.6 Å². The molecule has 1 aromatic carbocycles. The van der Waals surface area contributed by atoms with Crippen LogP contribution in [0.25, 0.3) is 0 Å². The molecule has 2 aromatic rings. The predicted octanol–water partition coefficient (Wildman–Crippen LogP) is 2.37. The van der Waals surface area contributed by atoms with Gasteiger partial charge in [-0.2, -0.15) is 0 Å². The van der Waals surface area contributed by atoms with Crippen molar-refractivity contribution in [3.63, 3.8) is 0 Å². The SMILES string of the molecule is CCNC(=NCc1ccccc1N1CCOCC1)NCc1ccco1. The highest BCUT2D eigenvalue weighted by atomic mass is 16.5. The number of hydrogen-bond acceptors (Lipinski definition) is 4. The number of hydrogen-bond donors (Lipinski definition) is 2. The molecule has 134 valence electrons. The first-order valence-electron chi connectivity index (χ1n) is 8.82. The molecule has 6 nitrogen and oxygen atoms in total. The lowest BCUT2D eigenvalue weighted by molar-refractivity contribution is 0.122. The molecule has 0 radical (unpaired) electrons. The average molecular weight is 342 g/mol. The molecule has 0 spiro atoms. The largest absolute Gasteiger partial charge is 0.467 e.